The number of aromatic amines is 2. The van der Waals surface area contributed by atoms with Crippen LogP contribution >= 0.6 is 0 Å². The number of H-pyrrole nitrogens is 2. The Balaban J connectivity index is 1.61. The number of fused-ring (bicyclic) bond motifs is 20. The molecule has 2 N–H and O–H groups in total. The molecule has 0 saturated heterocycles. The summed E-state index contributed by atoms with van der Waals surface area (Å²) in [7, 11) is 0. The highest BCUT2D eigenvalue weighted by atomic mass is 15.1. The Hall–Kier alpha value is -5.76. The zero-order valence-corrected chi connectivity index (χ0v) is 19.7. The van der Waals surface area contributed by atoms with Gasteiger partial charge in [-0.1, -0.05) is 96.7 Å². The minimum absolute atomic E-state index is 0.187. The molecule has 9 rings (SSSR count). The Kier molecular flexibility index (Phi) is 2.20. The first kappa shape index (κ1) is 11.2. The third-order valence-electron chi connectivity index (χ3n) is 6.36. The van der Waals surface area contributed by atoms with E-state index in [0.29, 0.717) is 0 Å². The van der Waals surface area contributed by atoms with Crippen LogP contribution in [0.5, 0.6) is 0 Å². The first-order chi connectivity index (χ1) is 26.4. The summed E-state index contributed by atoms with van der Waals surface area (Å²) < 4.78 is 138. The van der Waals surface area contributed by atoms with Crippen LogP contribution in [0.15, 0.2) is 96.7 Å². The van der Waals surface area contributed by atoms with Gasteiger partial charge in [-0.25, -0.2) is 29.9 Å². The summed E-state index contributed by atoms with van der Waals surface area (Å²) in [6, 6.07) is -9.67. The number of benzene rings is 4. The van der Waals surface area contributed by atoms with Gasteiger partial charge in [-0.15, -0.1) is 0 Å². The first-order valence-corrected chi connectivity index (χ1v) is 11.7. The molecule has 0 radical (unpaired) electrons. The van der Waals surface area contributed by atoms with Crippen LogP contribution in [0, 0.1) is 0 Å². The second-order valence-corrected chi connectivity index (χ2v) is 8.61. The van der Waals surface area contributed by atoms with Gasteiger partial charge in [0.1, 0.15) is 22.6 Å². The molecular formula is C32H18N8. The average Bonchev–Trinajstić information content (AvgIpc) is 3.92. The average molecular weight is 531 g/mol. The van der Waals surface area contributed by atoms with E-state index < -0.39 is 96.7 Å². The molecule has 5 heterocycles. The largest absolute Gasteiger partial charge is 0.324 e. The third-order valence-corrected chi connectivity index (χ3v) is 6.36. The third kappa shape index (κ3) is 3.01. The van der Waals surface area contributed by atoms with Crippen LogP contribution < -0.4 is 0 Å². The fourth-order valence-corrected chi connectivity index (χ4v) is 4.61. The minimum Gasteiger partial charge on any atom is -0.324 e. The van der Waals surface area contributed by atoms with E-state index in [1.54, 1.807) is 0 Å². The van der Waals surface area contributed by atoms with Crippen molar-refractivity contribution >= 4 is 44.1 Å². The predicted octanol–water partition coefficient (Wildman–Crippen LogP) is 6.87. The predicted molar refractivity (Wildman–Crippen MR) is 156 cm³/mol. The van der Waals surface area contributed by atoms with Gasteiger partial charge in [0.2, 0.25) is 0 Å². The minimum atomic E-state index is -0.652. The van der Waals surface area contributed by atoms with E-state index in [4.69, 9.17) is 21.9 Å². The Morgan fingerprint density at radius 3 is 0.975 bits per heavy atom. The van der Waals surface area contributed by atoms with Crippen LogP contribution in [-0.2, 0) is 0 Å². The Morgan fingerprint density at radius 2 is 0.625 bits per heavy atom. The molecule has 0 saturated carbocycles. The van der Waals surface area contributed by atoms with Gasteiger partial charge >= 0.3 is 0 Å². The van der Waals surface area contributed by atoms with Crippen LogP contribution in [0.4, 0.5) is 0 Å². The highest BCUT2D eigenvalue weighted by molar-refractivity contribution is 6.07. The molecular weight excluding hydrogens is 496 g/mol. The molecule has 0 spiro atoms. The van der Waals surface area contributed by atoms with Crippen LogP contribution in [0.25, 0.3) is 89.7 Å². The summed E-state index contributed by atoms with van der Waals surface area (Å²) in [6.07, 6.45) is 0. The normalized spacial score (nSPS) is 17.6. The second kappa shape index (κ2) is 7.87. The zero-order valence-electron chi connectivity index (χ0n) is 35.7. The van der Waals surface area contributed by atoms with Gasteiger partial charge in [-0.2, -0.15) is 0 Å². The molecule has 4 aromatic carbocycles. The molecule has 2 aliphatic heterocycles. The Morgan fingerprint density at radius 1 is 0.350 bits per heavy atom. The van der Waals surface area contributed by atoms with E-state index in [1.165, 1.54) is 0 Å². The molecule has 2 aliphatic rings. The van der Waals surface area contributed by atoms with Gasteiger partial charge in [-0.05, 0) is 0 Å². The Labute approximate surface area is 249 Å². The molecule has 8 bridgehead atoms. The molecule has 0 atom stereocenters. The summed E-state index contributed by atoms with van der Waals surface area (Å²) in [5, 5.41) is -0.761. The van der Waals surface area contributed by atoms with Crippen molar-refractivity contribution in [3.63, 3.8) is 0 Å². The van der Waals surface area contributed by atoms with Crippen LogP contribution in [-0.4, -0.2) is 39.9 Å². The lowest BCUT2D eigenvalue weighted by molar-refractivity contribution is 1.17. The monoisotopic (exact) mass is 530 g/mol. The smallest absolute Gasteiger partial charge is 0.164 e. The summed E-state index contributed by atoms with van der Waals surface area (Å²) in [6.45, 7) is 0. The maximum atomic E-state index is 8.81. The quantitative estimate of drug-likeness (QED) is 0.221. The van der Waals surface area contributed by atoms with Gasteiger partial charge in [0.15, 0.2) is 23.3 Å². The van der Waals surface area contributed by atoms with Crippen molar-refractivity contribution in [1.29, 1.82) is 0 Å². The van der Waals surface area contributed by atoms with Gasteiger partial charge in [-0.3, -0.25) is 0 Å². The highest BCUT2D eigenvalue weighted by Gasteiger charge is 2.23. The lowest BCUT2D eigenvalue weighted by Gasteiger charge is -1.98. The van der Waals surface area contributed by atoms with E-state index in [2.05, 4.69) is 39.9 Å². The molecule has 0 aliphatic carbocycles. The first-order valence-electron chi connectivity index (χ1n) is 19.7. The summed E-state index contributed by atoms with van der Waals surface area (Å²) >= 11 is 0. The molecule has 0 amide bonds. The number of rotatable bonds is 0. The van der Waals surface area contributed by atoms with E-state index >= 15 is 0 Å². The number of aromatic nitrogens is 8. The van der Waals surface area contributed by atoms with Crippen LogP contribution in [0.1, 0.15) is 21.9 Å². The number of nitrogens with zero attached hydrogens (tertiary/aromatic N) is 6. The van der Waals surface area contributed by atoms with Crippen LogP contribution in [0.2, 0.25) is 0 Å². The van der Waals surface area contributed by atoms with Crippen molar-refractivity contribution in [3.05, 3.63) is 96.7 Å². The lowest BCUT2D eigenvalue weighted by Crippen LogP contribution is -1.84. The molecule has 3 aromatic heterocycles. The molecule has 40 heavy (non-hydrogen) atoms. The summed E-state index contributed by atoms with van der Waals surface area (Å²) in [5.74, 6) is -1.52. The van der Waals surface area contributed by atoms with Gasteiger partial charge in [0, 0.05) is 43.8 Å². The maximum absolute atomic E-state index is 8.81. The fourth-order valence-electron chi connectivity index (χ4n) is 4.61. The second-order valence-electron chi connectivity index (χ2n) is 8.61. The number of hydrogen-bond acceptors (Lipinski definition) is 6. The van der Waals surface area contributed by atoms with Crippen molar-refractivity contribution in [1.82, 2.24) is 39.9 Å². The molecule has 8 heteroatoms. The molecule has 0 unspecified atom stereocenters. The molecule has 186 valence electrons. The number of hydrogen-bond donors (Lipinski definition) is 2. The van der Waals surface area contributed by atoms with E-state index in [0.717, 1.165) is 0 Å². The lowest BCUT2D eigenvalue weighted by atomic mass is 10.1. The molecule has 7 aromatic rings. The van der Waals surface area contributed by atoms with Gasteiger partial charge < -0.3 is 9.97 Å². The van der Waals surface area contributed by atoms with E-state index in [9.17, 15) is 0 Å². The standard InChI is InChI=1S/C32H18N8/c1-2-10-18-17(9-1)25-33-26(18)38-28-21-13-5-6-14-22(21)30(35-28)40-32-24-16-8-7-15-23(24)31(36-32)39-29-20-12-4-3-11-19(20)27(34-29)37-25/h1-16H,(H2,33,34,35,36,37,38,39,40)/i1D,2D,3D,4D,5D,6D,7D,8D,9D,10D,11D,12D,13D,14D,15D,16D. The van der Waals surface area contributed by atoms with Crippen molar-refractivity contribution in [3.8, 4) is 45.6 Å². The van der Waals surface area contributed by atoms with Crippen molar-refractivity contribution in [2.45, 2.75) is 0 Å². The highest BCUT2D eigenvalue weighted by Crippen LogP contribution is 2.37. The van der Waals surface area contributed by atoms with Crippen molar-refractivity contribution < 1.29 is 21.9 Å². The van der Waals surface area contributed by atoms with Crippen molar-refractivity contribution in [2.75, 3.05) is 0 Å². The van der Waals surface area contributed by atoms with E-state index in [-0.39, 0.29) is 89.7 Å². The SMILES string of the molecule is [2H]c1c([2H])c([2H])c2c(c1[2H])-c1nc3nc(nc4[nH]c(nc5[nH]c(nc-2n1)c1c([2H])c([2H])c([2H])c([2H])c51)c1c([2H])c([2H])c([2H])c([2H])c41)-c1c([2H])c([2H])c([2H])c([2H])c1-3. The van der Waals surface area contributed by atoms with Crippen molar-refractivity contribution in [2.24, 2.45) is 0 Å². The molecule has 8 nitrogen and oxygen atoms in total. The van der Waals surface area contributed by atoms with Crippen LogP contribution in [0.3, 0.4) is 0 Å². The van der Waals surface area contributed by atoms with Gasteiger partial charge in [0.25, 0.3) is 0 Å². The Bertz CT molecular complexity index is 3020. The van der Waals surface area contributed by atoms with E-state index in [1.807, 2.05) is 0 Å². The fraction of sp³-hybridized carbons (Fsp3) is 0. The summed E-state index contributed by atoms with van der Waals surface area (Å²) in [5.41, 5.74) is -2.01. The molecule has 0 fully saturated rings. The topological polar surface area (TPSA) is 109 Å². The maximum Gasteiger partial charge on any atom is 0.164 e. The summed E-state index contributed by atoms with van der Waals surface area (Å²) in [4.78, 5) is 32.8. The van der Waals surface area contributed by atoms with Gasteiger partial charge in [0.05, 0.1) is 21.9 Å². The zero-order chi connectivity index (χ0) is 40.1. The number of nitrogens with one attached hydrogen (secondary N) is 2.